The van der Waals surface area contributed by atoms with Crippen LogP contribution in [0.5, 0.6) is 0 Å². The molecule has 0 bridgehead atoms. The van der Waals surface area contributed by atoms with E-state index in [2.05, 4.69) is 55.2 Å². The third-order valence-electron chi connectivity index (χ3n) is 4.68. The van der Waals surface area contributed by atoms with Crippen molar-refractivity contribution in [1.29, 1.82) is 0 Å². The quantitative estimate of drug-likeness (QED) is 0.496. The highest BCUT2D eigenvalue weighted by atomic mass is 16.5. The zero-order valence-electron chi connectivity index (χ0n) is 17.2. The number of rotatable bonds is 11. The number of aliphatic hydroxyl groups is 1. The highest BCUT2D eigenvalue weighted by molar-refractivity contribution is 5.98. The van der Waals surface area contributed by atoms with Gasteiger partial charge < -0.3 is 19.3 Å². The second-order valence-corrected chi connectivity index (χ2v) is 7.00. The Morgan fingerprint density at radius 3 is 2.28 bits per heavy atom. The van der Waals surface area contributed by atoms with E-state index in [0.29, 0.717) is 39.6 Å². The molecule has 1 aromatic heterocycles. The number of ether oxygens (including phenoxy) is 3. The minimum Gasteiger partial charge on any atom is -0.394 e. The molecular weight excluding hydrogens is 366 g/mol. The van der Waals surface area contributed by atoms with Crippen LogP contribution in [0.3, 0.4) is 0 Å². The van der Waals surface area contributed by atoms with E-state index in [4.69, 9.17) is 19.3 Å². The molecule has 0 aliphatic carbocycles. The lowest BCUT2D eigenvalue weighted by Crippen LogP contribution is -2.11. The maximum absolute atomic E-state index is 8.66. The van der Waals surface area contributed by atoms with Crippen LogP contribution in [0.25, 0.3) is 22.0 Å². The lowest BCUT2D eigenvalue weighted by Gasteiger charge is -2.15. The van der Waals surface area contributed by atoms with Gasteiger partial charge in [0, 0.05) is 11.6 Å². The van der Waals surface area contributed by atoms with Gasteiger partial charge in [-0.2, -0.15) is 0 Å². The predicted octanol–water partition coefficient (Wildman–Crippen LogP) is 4.06. The molecule has 29 heavy (non-hydrogen) atoms. The van der Waals surface area contributed by atoms with Crippen LogP contribution in [0.15, 0.2) is 48.7 Å². The van der Waals surface area contributed by atoms with Crippen LogP contribution in [-0.2, 0) is 20.8 Å². The molecule has 0 atom stereocenters. The van der Waals surface area contributed by atoms with Crippen LogP contribution in [-0.4, -0.2) is 49.7 Å². The lowest BCUT2D eigenvalue weighted by molar-refractivity contribution is 0.00466. The number of benzene rings is 2. The molecule has 154 valence electrons. The van der Waals surface area contributed by atoms with Crippen LogP contribution in [0, 0.1) is 13.8 Å². The largest absolute Gasteiger partial charge is 0.394 e. The molecule has 2 aromatic carbocycles. The summed E-state index contributed by atoms with van der Waals surface area (Å²) in [7, 11) is 0. The summed E-state index contributed by atoms with van der Waals surface area (Å²) in [5, 5.41) is 9.81. The summed E-state index contributed by atoms with van der Waals surface area (Å²) < 4.78 is 16.6. The van der Waals surface area contributed by atoms with Gasteiger partial charge in [-0.25, -0.2) is 0 Å². The fraction of sp³-hybridized carbons (Fsp3) is 0.375. The molecule has 3 rings (SSSR count). The molecule has 3 aromatic rings. The zero-order chi connectivity index (χ0) is 20.5. The van der Waals surface area contributed by atoms with Crippen LogP contribution in [0.2, 0.25) is 0 Å². The number of hydrogen-bond donors (Lipinski definition) is 1. The standard InChI is InChI=1S/C24H29NO4/c1-18-14-21(17-29-13-12-28-11-10-27-9-8-26)24-22(15-18)25-16-19(2)23(24)20-6-4-3-5-7-20/h3-7,14-16,26H,8-13,17H2,1-2H3. The van der Waals surface area contributed by atoms with Crippen LogP contribution in [0.4, 0.5) is 0 Å². The predicted molar refractivity (Wildman–Crippen MR) is 115 cm³/mol. The Morgan fingerprint density at radius 1 is 0.862 bits per heavy atom. The van der Waals surface area contributed by atoms with Crippen LogP contribution >= 0.6 is 0 Å². The zero-order valence-corrected chi connectivity index (χ0v) is 17.2. The fourth-order valence-corrected chi connectivity index (χ4v) is 3.44. The summed E-state index contributed by atoms with van der Waals surface area (Å²) in [5.41, 5.74) is 6.86. The SMILES string of the molecule is Cc1cc(COCCOCCOCCO)c2c(-c3ccccc3)c(C)cnc2c1. The van der Waals surface area contributed by atoms with Crippen molar-refractivity contribution < 1.29 is 19.3 Å². The lowest BCUT2D eigenvalue weighted by atomic mass is 9.93. The second kappa shape index (κ2) is 11.0. The minimum absolute atomic E-state index is 0.0346. The molecule has 0 saturated heterocycles. The average Bonchev–Trinajstić information content (AvgIpc) is 2.73. The topological polar surface area (TPSA) is 60.8 Å². The van der Waals surface area contributed by atoms with Crippen molar-refractivity contribution in [2.24, 2.45) is 0 Å². The van der Waals surface area contributed by atoms with E-state index in [-0.39, 0.29) is 6.61 Å². The number of nitrogens with zero attached hydrogens (tertiary/aromatic N) is 1. The Balaban J connectivity index is 1.72. The first-order valence-corrected chi connectivity index (χ1v) is 9.99. The Labute approximate surface area is 172 Å². The number of pyridine rings is 1. The molecule has 5 heteroatoms. The highest BCUT2D eigenvalue weighted by Gasteiger charge is 2.13. The molecule has 0 radical (unpaired) electrons. The molecule has 0 aliphatic heterocycles. The highest BCUT2D eigenvalue weighted by Crippen LogP contribution is 2.34. The minimum atomic E-state index is 0.0346. The van der Waals surface area contributed by atoms with E-state index >= 15 is 0 Å². The first-order valence-electron chi connectivity index (χ1n) is 9.99. The average molecular weight is 395 g/mol. The van der Waals surface area contributed by atoms with E-state index in [1.165, 1.54) is 16.7 Å². The fourth-order valence-electron chi connectivity index (χ4n) is 3.44. The molecule has 0 spiro atoms. The van der Waals surface area contributed by atoms with Gasteiger partial charge in [-0.15, -0.1) is 0 Å². The normalized spacial score (nSPS) is 11.3. The summed E-state index contributed by atoms with van der Waals surface area (Å²) in [6, 6.07) is 14.7. The summed E-state index contributed by atoms with van der Waals surface area (Å²) in [4.78, 5) is 4.67. The van der Waals surface area contributed by atoms with Gasteiger partial charge in [0.1, 0.15) is 0 Å². The molecule has 5 nitrogen and oxygen atoms in total. The number of aromatic nitrogens is 1. The Bertz CT molecular complexity index is 912. The Hall–Kier alpha value is -2.31. The van der Waals surface area contributed by atoms with Crippen molar-refractivity contribution >= 4 is 10.9 Å². The maximum Gasteiger partial charge on any atom is 0.0724 e. The van der Waals surface area contributed by atoms with Crippen molar-refractivity contribution in [2.75, 3.05) is 39.6 Å². The van der Waals surface area contributed by atoms with Gasteiger partial charge in [0.05, 0.1) is 51.8 Å². The van der Waals surface area contributed by atoms with Crippen molar-refractivity contribution in [1.82, 2.24) is 4.98 Å². The number of aliphatic hydroxyl groups excluding tert-OH is 1. The van der Waals surface area contributed by atoms with Crippen molar-refractivity contribution in [3.63, 3.8) is 0 Å². The monoisotopic (exact) mass is 395 g/mol. The molecule has 0 amide bonds. The molecular formula is C24H29NO4. The summed E-state index contributed by atoms with van der Waals surface area (Å²) >= 11 is 0. The number of fused-ring (bicyclic) bond motifs is 1. The van der Waals surface area contributed by atoms with E-state index in [0.717, 1.165) is 22.0 Å². The van der Waals surface area contributed by atoms with Gasteiger partial charge in [-0.05, 0) is 47.7 Å². The second-order valence-electron chi connectivity index (χ2n) is 7.00. The van der Waals surface area contributed by atoms with Gasteiger partial charge in [0.2, 0.25) is 0 Å². The van der Waals surface area contributed by atoms with Gasteiger partial charge in [0.15, 0.2) is 0 Å². The molecule has 0 aliphatic rings. The van der Waals surface area contributed by atoms with E-state index in [1.807, 2.05) is 12.3 Å². The number of aryl methyl sites for hydroxylation is 2. The van der Waals surface area contributed by atoms with E-state index in [9.17, 15) is 0 Å². The third-order valence-corrected chi connectivity index (χ3v) is 4.68. The Kier molecular flexibility index (Phi) is 8.14. The maximum atomic E-state index is 8.66. The Morgan fingerprint density at radius 2 is 1.55 bits per heavy atom. The third kappa shape index (κ3) is 5.84. The molecule has 0 saturated carbocycles. The van der Waals surface area contributed by atoms with Crippen LogP contribution in [0.1, 0.15) is 16.7 Å². The summed E-state index contributed by atoms with van der Waals surface area (Å²) in [6.07, 6.45) is 1.95. The number of hydrogen-bond acceptors (Lipinski definition) is 5. The van der Waals surface area contributed by atoms with E-state index < -0.39 is 0 Å². The van der Waals surface area contributed by atoms with Crippen LogP contribution < -0.4 is 0 Å². The first-order chi connectivity index (χ1) is 14.2. The van der Waals surface area contributed by atoms with Gasteiger partial charge >= 0.3 is 0 Å². The van der Waals surface area contributed by atoms with Crippen molar-refractivity contribution in [2.45, 2.75) is 20.5 Å². The smallest absolute Gasteiger partial charge is 0.0724 e. The van der Waals surface area contributed by atoms with Gasteiger partial charge in [0.25, 0.3) is 0 Å². The summed E-state index contributed by atoms with van der Waals surface area (Å²) in [5.74, 6) is 0. The first kappa shape index (κ1) is 21.4. The van der Waals surface area contributed by atoms with Crippen molar-refractivity contribution in [3.8, 4) is 11.1 Å². The van der Waals surface area contributed by atoms with Gasteiger partial charge in [-0.1, -0.05) is 36.4 Å². The molecule has 1 N–H and O–H groups in total. The molecule has 0 unspecified atom stereocenters. The van der Waals surface area contributed by atoms with Gasteiger partial charge in [-0.3, -0.25) is 4.98 Å². The summed E-state index contributed by atoms with van der Waals surface area (Å²) in [6.45, 7) is 7.07. The van der Waals surface area contributed by atoms with Crippen molar-refractivity contribution in [3.05, 3.63) is 65.4 Å². The molecule has 0 fully saturated rings. The van der Waals surface area contributed by atoms with E-state index in [1.54, 1.807) is 0 Å². The molecule has 1 heterocycles.